The average Bonchev–Trinajstić information content (AvgIpc) is 2.48. The molecule has 1 aromatic carbocycles. The summed E-state index contributed by atoms with van der Waals surface area (Å²) in [5.41, 5.74) is 1.82. The fourth-order valence-corrected chi connectivity index (χ4v) is 2.47. The van der Waals surface area contributed by atoms with Crippen molar-refractivity contribution in [2.24, 2.45) is 0 Å². The van der Waals surface area contributed by atoms with Gasteiger partial charge in [-0.15, -0.1) is 0 Å². The van der Waals surface area contributed by atoms with Crippen LogP contribution in [-0.2, 0) is 13.0 Å². The van der Waals surface area contributed by atoms with E-state index < -0.39 is 0 Å². The predicted octanol–water partition coefficient (Wildman–Crippen LogP) is 2.70. The first-order valence-electron chi connectivity index (χ1n) is 6.36. The van der Waals surface area contributed by atoms with Crippen molar-refractivity contribution < 1.29 is 0 Å². The van der Waals surface area contributed by atoms with Gasteiger partial charge in [0.05, 0.1) is 10.9 Å². The summed E-state index contributed by atoms with van der Waals surface area (Å²) in [6.45, 7) is 0.546. The number of benzene rings is 1. The number of pyridine rings is 1. The molecule has 0 fully saturated rings. The van der Waals surface area contributed by atoms with Gasteiger partial charge in [0.2, 0.25) is 0 Å². The Morgan fingerprint density at radius 1 is 1.20 bits per heavy atom. The number of fused-ring (bicyclic) bond motifs is 1. The fraction of sp³-hybridized carbons (Fsp3) is 0.133. The van der Waals surface area contributed by atoms with Crippen molar-refractivity contribution >= 4 is 23.1 Å². The molecule has 0 aliphatic carbocycles. The first-order chi connectivity index (χ1) is 9.75. The second-order valence-corrected chi connectivity index (χ2v) is 4.93. The van der Waals surface area contributed by atoms with Crippen LogP contribution in [0.15, 0.2) is 53.6 Å². The molecule has 3 rings (SSSR count). The largest absolute Gasteiger partial charge is 0.332 e. The van der Waals surface area contributed by atoms with E-state index >= 15 is 0 Å². The fourth-order valence-electron chi connectivity index (χ4n) is 2.19. The second-order valence-electron chi connectivity index (χ2n) is 4.54. The van der Waals surface area contributed by atoms with E-state index in [2.05, 4.69) is 9.97 Å². The molecule has 1 N–H and O–H groups in total. The number of hydrogen-bond donors (Lipinski definition) is 1. The van der Waals surface area contributed by atoms with Gasteiger partial charge < -0.3 is 4.98 Å². The van der Waals surface area contributed by atoms with Crippen molar-refractivity contribution in [1.29, 1.82) is 0 Å². The van der Waals surface area contributed by atoms with E-state index in [-0.39, 0.29) is 5.56 Å². The van der Waals surface area contributed by atoms with Gasteiger partial charge in [-0.3, -0.25) is 14.3 Å². The highest BCUT2D eigenvalue weighted by molar-refractivity contribution is 7.71. The summed E-state index contributed by atoms with van der Waals surface area (Å²) < 4.78 is 2.06. The third-order valence-electron chi connectivity index (χ3n) is 3.24. The van der Waals surface area contributed by atoms with Gasteiger partial charge in [0.25, 0.3) is 5.56 Å². The number of aromatic amines is 1. The molecule has 0 atom stereocenters. The van der Waals surface area contributed by atoms with Gasteiger partial charge in [0.1, 0.15) is 0 Å². The normalized spacial score (nSPS) is 10.8. The van der Waals surface area contributed by atoms with Crippen LogP contribution in [0.25, 0.3) is 10.9 Å². The van der Waals surface area contributed by atoms with Gasteiger partial charge in [-0.1, -0.05) is 18.2 Å². The van der Waals surface area contributed by atoms with E-state index in [9.17, 15) is 4.79 Å². The summed E-state index contributed by atoms with van der Waals surface area (Å²) in [5.74, 6) is 0. The molecular formula is C15H13N3OS. The summed E-state index contributed by atoms with van der Waals surface area (Å²) in [4.78, 5) is 19.6. The highest BCUT2D eigenvalue weighted by Crippen LogP contribution is 2.06. The van der Waals surface area contributed by atoms with Gasteiger partial charge in [-0.25, -0.2) is 0 Å². The number of rotatable bonds is 3. The highest BCUT2D eigenvalue weighted by atomic mass is 32.1. The molecule has 4 nitrogen and oxygen atoms in total. The molecule has 0 spiro atoms. The van der Waals surface area contributed by atoms with Crippen LogP contribution in [0.2, 0.25) is 0 Å². The predicted molar refractivity (Wildman–Crippen MR) is 81.3 cm³/mol. The van der Waals surface area contributed by atoms with Crippen LogP contribution in [0.3, 0.4) is 0 Å². The van der Waals surface area contributed by atoms with E-state index in [0.29, 0.717) is 16.7 Å². The maximum atomic E-state index is 12.4. The third-order valence-corrected chi connectivity index (χ3v) is 3.56. The number of H-pyrrole nitrogens is 1. The van der Waals surface area contributed by atoms with Crippen LogP contribution in [0.1, 0.15) is 5.56 Å². The molecule has 0 bridgehead atoms. The number of aromatic nitrogens is 3. The summed E-state index contributed by atoms with van der Waals surface area (Å²) in [7, 11) is 0. The zero-order chi connectivity index (χ0) is 13.9. The number of nitrogens with one attached hydrogen (secondary N) is 1. The first kappa shape index (κ1) is 12.7. The summed E-state index contributed by atoms with van der Waals surface area (Å²) in [6, 6.07) is 11.3. The number of para-hydroxylation sites is 1. The zero-order valence-corrected chi connectivity index (χ0v) is 11.6. The van der Waals surface area contributed by atoms with Crippen molar-refractivity contribution in [2.45, 2.75) is 13.0 Å². The lowest BCUT2D eigenvalue weighted by atomic mass is 10.2. The highest BCUT2D eigenvalue weighted by Gasteiger charge is 2.05. The van der Waals surface area contributed by atoms with E-state index in [4.69, 9.17) is 12.2 Å². The van der Waals surface area contributed by atoms with E-state index in [1.54, 1.807) is 17.0 Å². The van der Waals surface area contributed by atoms with Crippen LogP contribution in [0, 0.1) is 4.77 Å². The molecule has 2 aromatic heterocycles. The Bertz CT molecular complexity index is 852. The number of hydrogen-bond acceptors (Lipinski definition) is 3. The van der Waals surface area contributed by atoms with E-state index in [1.165, 1.54) is 0 Å². The Labute approximate surface area is 120 Å². The van der Waals surface area contributed by atoms with Crippen LogP contribution >= 0.6 is 12.2 Å². The minimum atomic E-state index is -0.0479. The average molecular weight is 283 g/mol. The molecule has 0 saturated heterocycles. The second kappa shape index (κ2) is 5.38. The standard InChI is InChI=1S/C15H13N3OS/c19-14-12-5-1-2-6-13(12)17-15(20)18(14)9-7-11-4-3-8-16-10-11/h1-6,8,10H,7,9H2,(H,17,20). The summed E-state index contributed by atoms with van der Waals surface area (Å²) in [6.07, 6.45) is 4.26. The molecule has 0 amide bonds. The quantitative estimate of drug-likeness (QED) is 0.752. The van der Waals surface area contributed by atoms with Crippen LogP contribution in [0.5, 0.6) is 0 Å². The molecular weight excluding hydrogens is 270 g/mol. The first-order valence-corrected chi connectivity index (χ1v) is 6.77. The van der Waals surface area contributed by atoms with Gasteiger partial charge in [0.15, 0.2) is 4.77 Å². The van der Waals surface area contributed by atoms with Gasteiger partial charge in [-0.2, -0.15) is 0 Å². The Morgan fingerprint density at radius 2 is 2.05 bits per heavy atom. The van der Waals surface area contributed by atoms with Crippen molar-refractivity contribution in [3.05, 3.63) is 69.5 Å². The molecule has 5 heteroatoms. The molecule has 0 aliphatic rings. The molecule has 2 heterocycles. The van der Waals surface area contributed by atoms with Gasteiger partial charge >= 0.3 is 0 Å². The number of aryl methyl sites for hydroxylation is 1. The Balaban J connectivity index is 2.00. The lowest BCUT2D eigenvalue weighted by molar-refractivity contribution is 0.651. The van der Waals surface area contributed by atoms with Crippen LogP contribution < -0.4 is 5.56 Å². The lowest BCUT2D eigenvalue weighted by Gasteiger charge is -2.07. The van der Waals surface area contributed by atoms with Crippen molar-refractivity contribution in [2.75, 3.05) is 0 Å². The maximum absolute atomic E-state index is 12.4. The minimum absolute atomic E-state index is 0.0479. The van der Waals surface area contributed by atoms with Crippen molar-refractivity contribution in [3.63, 3.8) is 0 Å². The Morgan fingerprint density at radius 3 is 2.85 bits per heavy atom. The minimum Gasteiger partial charge on any atom is -0.332 e. The topological polar surface area (TPSA) is 50.7 Å². The molecule has 0 unspecified atom stereocenters. The number of nitrogens with zero attached hydrogens (tertiary/aromatic N) is 2. The third kappa shape index (κ3) is 2.40. The van der Waals surface area contributed by atoms with Crippen LogP contribution in [0.4, 0.5) is 0 Å². The van der Waals surface area contributed by atoms with Gasteiger partial charge in [-0.05, 0) is 42.4 Å². The monoisotopic (exact) mass is 283 g/mol. The smallest absolute Gasteiger partial charge is 0.262 e. The Hall–Kier alpha value is -2.27. The SMILES string of the molecule is O=c1c2ccccc2[nH]c(=S)n1CCc1cccnc1. The van der Waals surface area contributed by atoms with Gasteiger partial charge in [0, 0.05) is 18.9 Å². The zero-order valence-electron chi connectivity index (χ0n) is 10.7. The Kier molecular flexibility index (Phi) is 3.43. The summed E-state index contributed by atoms with van der Waals surface area (Å²) >= 11 is 5.27. The lowest BCUT2D eigenvalue weighted by Crippen LogP contribution is -2.23. The molecule has 0 radical (unpaired) electrons. The molecule has 0 aliphatic heterocycles. The van der Waals surface area contributed by atoms with E-state index in [1.807, 2.05) is 36.4 Å². The van der Waals surface area contributed by atoms with E-state index in [0.717, 1.165) is 17.5 Å². The molecule has 3 aromatic rings. The maximum Gasteiger partial charge on any atom is 0.262 e. The summed E-state index contributed by atoms with van der Waals surface area (Å²) in [5, 5.41) is 0.660. The van der Waals surface area contributed by atoms with Crippen molar-refractivity contribution in [1.82, 2.24) is 14.5 Å². The van der Waals surface area contributed by atoms with Crippen molar-refractivity contribution in [3.8, 4) is 0 Å². The van der Waals surface area contributed by atoms with Crippen LogP contribution in [-0.4, -0.2) is 14.5 Å². The molecule has 20 heavy (non-hydrogen) atoms. The molecule has 0 saturated carbocycles. The molecule has 100 valence electrons.